The first-order valence-corrected chi connectivity index (χ1v) is 5.07. The number of allylic oxidation sites excluding steroid dienone is 1. The van der Waals surface area contributed by atoms with Crippen LogP contribution in [0.1, 0.15) is 13.3 Å². The van der Waals surface area contributed by atoms with Crippen molar-refractivity contribution in [2.45, 2.75) is 31.7 Å². The van der Waals surface area contributed by atoms with E-state index < -0.39 is 24.3 Å². The van der Waals surface area contributed by atoms with Crippen molar-refractivity contribution in [2.75, 3.05) is 6.61 Å². The number of carbonyl (C=O) groups is 1. The van der Waals surface area contributed by atoms with E-state index in [4.69, 9.17) is 4.74 Å². The van der Waals surface area contributed by atoms with E-state index in [1.165, 1.54) is 12.2 Å². The molecule has 1 aliphatic carbocycles. The maximum absolute atomic E-state index is 11.0. The third-order valence-electron chi connectivity index (χ3n) is 2.32. The maximum Gasteiger partial charge on any atom is 0.330 e. The van der Waals surface area contributed by atoms with E-state index in [9.17, 15) is 20.1 Å². The highest BCUT2D eigenvalue weighted by Gasteiger charge is 2.29. The summed E-state index contributed by atoms with van der Waals surface area (Å²) >= 11 is 0. The Morgan fingerprint density at radius 1 is 1.56 bits per heavy atom. The Hall–Kier alpha value is -1.17. The quantitative estimate of drug-likeness (QED) is 0.345. The number of hydrogen-bond acceptors (Lipinski definition) is 5. The van der Waals surface area contributed by atoms with Crippen LogP contribution in [0.2, 0.25) is 0 Å². The summed E-state index contributed by atoms with van der Waals surface area (Å²) in [6.07, 6.45) is 1.14. The highest BCUT2D eigenvalue weighted by Crippen LogP contribution is 2.19. The zero-order valence-electron chi connectivity index (χ0n) is 9.04. The van der Waals surface area contributed by atoms with Crippen LogP contribution in [-0.2, 0) is 9.53 Å². The number of rotatable bonds is 3. The zero-order valence-corrected chi connectivity index (χ0v) is 9.04. The van der Waals surface area contributed by atoms with E-state index in [0.29, 0.717) is 5.57 Å². The molecule has 0 amide bonds. The fourth-order valence-electron chi connectivity index (χ4n) is 1.48. The minimum atomic E-state index is -1.17. The molecule has 0 saturated heterocycles. The molecule has 0 aromatic heterocycles. The minimum absolute atomic E-state index is 0.0179. The van der Waals surface area contributed by atoms with Gasteiger partial charge in [-0.15, -0.1) is 0 Å². The number of carbonyl (C=O) groups excluding carboxylic acids is 1. The highest BCUT2D eigenvalue weighted by atomic mass is 16.5. The molecule has 0 spiro atoms. The molecule has 1 aliphatic rings. The van der Waals surface area contributed by atoms with E-state index in [-0.39, 0.29) is 13.0 Å². The van der Waals surface area contributed by atoms with Gasteiger partial charge in [-0.2, -0.15) is 0 Å². The van der Waals surface area contributed by atoms with Crippen LogP contribution >= 0.6 is 0 Å². The Kier molecular flexibility index (Phi) is 4.67. The first-order valence-electron chi connectivity index (χ1n) is 5.07. The van der Waals surface area contributed by atoms with Crippen LogP contribution < -0.4 is 0 Å². The molecule has 0 bridgehead atoms. The van der Waals surface area contributed by atoms with Crippen molar-refractivity contribution in [3.05, 3.63) is 23.8 Å². The molecule has 0 aromatic rings. The summed E-state index contributed by atoms with van der Waals surface area (Å²) in [6, 6.07) is 0. The van der Waals surface area contributed by atoms with E-state index in [2.05, 4.69) is 0 Å². The van der Waals surface area contributed by atoms with Gasteiger partial charge in [0.25, 0.3) is 0 Å². The van der Waals surface area contributed by atoms with Crippen molar-refractivity contribution in [1.29, 1.82) is 0 Å². The Labute approximate surface area is 93.7 Å². The number of esters is 1. The summed E-state index contributed by atoms with van der Waals surface area (Å²) in [5, 5.41) is 28.0. The maximum atomic E-state index is 11.0. The lowest BCUT2D eigenvalue weighted by Crippen LogP contribution is -2.40. The molecule has 3 N–H and O–H groups in total. The zero-order chi connectivity index (χ0) is 12.1. The monoisotopic (exact) mass is 228 g/mol. The Balaban J connectivity index is 2.49. The second-order valence-electron chi connectivity index (χ2n) is 3.69. The van der Waals surface area contributed by atoms with Gasteiger partial charge in [0.05, 0.1) is 6.10 Å². The first-order chi connectivity index (χ1) is 7.54. The van der Waals surface area contributed by atoms with E-state index >= 15 is 0 Å². The van der Waals surface area contributed by atoms with Crippen LogP contribution in [0.4, 0.5) is 0 Å². The Morgan fingerprint density at radius 2 is 2.25 bits per heavy atom. The number of aliphatic hydroxyl groups excluding tert-OH is 3. The molecule has 5 heteroatoms. The summed E-state index contributed by atoms with van der Waals surface area (Å²) in [5.74, 6) is -0.474. The largest absolute Gasteiger partial charge is 0.458 e. The van der Waals surface area contributed by atoms with Crippen LogP contribution in [0, 0.1) is 0 Å². The predicted molar refractivity (Wildman–Crippen MR) is 56.5 cm³/mol. The fourth-order valence-corrected chi connectivity index (χ4v) is 1.48. The van der Waals surface area contributed by atoms with Crippen LogP contribution in [0.5, 0.6) is 0 Å². The average Bonchev–Trinajstić information content (AvgIpc) is 2.23. The third kappa shape index (κ3) is 3.44. The molecule has 0 aliphatic heterocycles. The first kappa shape index (κ1) is 12.9. The Morgan fingerprint density at radius 3 is 2.81 bits per heavy atom. The van der Waals surface area contributed by atoms with Crippen LogP contribution in [-0.4, -0.2) is 46.2 Å². The molecular formula is C11H16O5. The van der Waals surface area contributed by atoms with Gasteiger partial charge in [-0.1, -0.05) is 12.2 Å². The smallest absolute Gasteiger partial charge is 0.330 e. The molecule has 0 fully saturated rings. The summed E-state index contributed by atoms with van der Waals surface area (Å²) in [6.45, 7) is 1.72. The molecule has 0 radical (unpaired) electrons. The van der Waals surface area contributed by atoms with Crippen molar-refractivity contribution in [3.63, 3.8) is 0 Å². The average molecular weight is 228 g/mol. The van der Waals surface area contributed by atoms with E-state index in [0.717, 1.165) is 0 Å². The van der Waals surface area contributed by atoms with Gasteiger partial charge in [0.2, 0.25) is 0 Å². The lowest BCUT2D eigenvalue weighted by Gasteiger charge is -2.27. The normalized spacial score (nSPS) is 30.2. The van der Waals surface area contributed by atoms with Crippen molar-refractivity contribution >= 4 is 5.97 Å². The van der Waals surface area contributed by atoms with Crippen molar-refractivity contribution < 1.29 is 24.9 Å². The van der Waals surface area contributed by atoms with Gasteiger partial charge >= 0.3 is 5.97 Å². The summed E-state index contributed by atoms with van der Waals surface area (Å²) in [5.41, 5.74) is 0.600. The van der Waals surface area contributed by atoms with Gasteiger partial charge in [0.15, 0.2) is 0 Å². The number of ether oxygens (including phenoxy) is 1. The SMILES string of the molecule is C/C=C/C(=O)OCC1=CC(O)C(O)[C@H](O)C1. The fraction of sp³-hybridized carbons (Fsp3) is 0.545. The Bertz CT molecular complexity index is 307. The third-order valence-corrected chi connectivity index (χ3v) is 2.32. The van der Waals surface area contributed by atoms with Gasteiger partial charge in [-0.25, -0.2) is 4.79 Å². The minimum Gasteiger partial charge on any atom is -0.458 e. The van der Waals surface area contributed by atoms with Crippen LogP contribution in [0.25, 0.3) is 0 Å². The van der Waals surface area contributed by atoms with E-state index in [1.54, 1.807) is 13.0 Å². The predicted octanol–water partition coefficient (Wildman–Crippen LogP) is -0.482. The van der Waals surface area contributed by atoms with Crippen molar-refractivity contribution in [1.82, 2.24) is 0 Å². The number of hydrogen-bond donors (Lipinski definition) is 3. The van der Waals surface area contributed by atoms with Gasteiger partial charge in [0.1, 0.15) is 18.8 Å². The molecule has 0 saturated carbocycles. The lowest BCUT2D eigenvalue weighted by molar-refractivity contribution is -0.137. The molecule has 0 aromatic carbocycles. The van der Waals surface area contributed by atoms with Gasteiger partial charge in [-0.3, -0.25) is 0 Å². The molecule has 90 valence electrons. The molecule has 2 unspecified atom stereocenters. The van der Waals surface area contributed by atoms with Crippen LogP contribution in [0.3, 0.4) is 0 Å². The van der Waals surface area contributed by atoms with E-state index in [1.807, 2.05) is 0 Å². The molecule has 3 atom stereocenters. The molecule has 16 heavy (non-hydrogen) atoms. The van der Waals surface area contributed by atoms with Gasteiger partial charge < -0.3 is 20.1 Å². The lowest BCUT2D eigenvalue weighted by atomic mass is 9.93. The van der Waals surface area contributed by atoms with Gasteiger partial charge in [0, 0.05) is 12.5 Å². The second kappa shape index (κ2) is 5.79. The standard InChI is InChI=1S/C11H16O5/c1-2-3-10(14)16-6-7-4-8(12)11(15)9(13)5-7/h2-4,8-9,11-13,15H,5-6H2,1H3/b3-2+/t8?,9-,11?/m1/s1. The number of aliphatic hydroxyl groups is 3. The van der Waals surface area contributed by atoms with Crippen molar-refractivity contribution in [3.8, 4) is 0 Å². The second-order valence-corrected chi connectivity index (χ2v) is 3.69. The topological polar surface area (TPSA) is 87.0 Å². The summed E-state index contributed by atoms with van der Waals surface area (Å²) in [7, 11) is 0. The molecule has 1 rings (SSSR count). The summed E-state index contributed by atoms with van der Waals surface area (Å²) < 4.78 is 4.86. The van der Waals surface area contributed by atoms with Crippen molar-refractivity contribution in [2.24, 2.45) is 0 Å². The molecule has 0 heterocycles. The molecular weight excluding hydrogens is 212 g/mol. The highest BCUT2D eigenvalue weighted by molar-refractivity contribution is 5.81. The van der Waals surface area contributed by atoms with Gasteiger partial charge in [-0.05, 0) is 12.5 Å². The van der Waals surface area contributed by atoms with Crippen LogP contribution in [0.15, 0.2) is 23.8 Å². The molecule has 5 nitrogen and oxygen atoms in total. The summed E-state index contributed by atoms with van der Waals surface area (Å²) in [4.78, 5) is 11.0.